The molecule has 16 heavy (non-hydrogen) atoms. The van der Waals surface area contributed by atoms with Crippen molar-refractivity contribution in [1.29, 1.82) is 0 Å². The Balaban J connectivity index is 1.72. The molecule has 0 aromatic carbocycles. The molecule has 1 atom stereocenters. The van der Waals surface area contributed by atoms with Crippen LogP contribution < -0.4 is 11.1 Å². The van der Waals surface area contributed by atoms with Gasteiger partial charge in [-0.3, -0.25) is 4.79 Å². The van der Waals surface area contributed by atoms with E-state index in [4.69, 9.17) is 15.2 Å². The van der Waals surface area contributed by atoms with E-state index < -0.39 is 0 Å². The molecule has 0 aromatic heterocycles. The molecule has 0 bridgehead atoms. The first-order chi connectivity index (χ1) is 7.70. The van der Waals surface area contributed by atoms with E-state index in [0.717, 1.165) is 32.4 Å². The van der Waals surface area contributed by atoms with E-state index in [2.05, 4.69) is 5.32 Å². The molecule has 2 heterocycles. The van der Waals surface area contributed by atoms with Gasteiger partial charge in [0.25, 0.3) is 0 Å². The number of hydrogen-bond donors (Lipinski definition) is 2. The third kappa shape index (κ3) is 2.93. The summed E-state index contributed by atoms with van der Waals surface area (Å²) in [6, 6.07) is 0. The van der Waals surface area contributed by atoms with Crippen LogP contribution in [0, 0.1) is 0 Å². The standard InChI is InChI=1S/C11H20N2O3/c12-10(14)1-6-15-9-7-11(16-8-9)2-4-13-5-3-11/h9,13H,1-8H2,(H2,12,14). The quantitative estimate of drug-likeness (QED) is 0.698. The lowest BCUT2D eigenvalue weighted by atomic mass is 9.89. The van der Waals surface area contributed by atoms with E-state index in [1.165, 1.54) is 0 Å². The van der Waals surface area contributed by atoms with Gasteiger partial charge in [-0.05, 0) is 25.9 Å². The second-order valence-electron chi connectivity index (χ2n) is 4.66. The third-order valence-electron chi connectivity index (χ3n) is 3.39. The Morgan fingerprint density at radius 3 is 2.94 bits per heavy atom. The lowest BCUT2D eigenvalue weighted by molar-refractivity contribution is -0.119. The second-order valence-corrected chi connectivity index (χ2v) is 4.66. The fraction of sp³-hybridized carbons (Fsp3) is 0.909. The molecule has 2 fully saturated rings. The maximum atomic E-state index is 10.6. The fourth-order valence-electron chi connectivity index (χ4n) is 2.47. The second kappa shape index (κ2) is 5.12. The van der Waals surface area contributed by atoms with Gasteiger partial charge in [0.1, 0.15) is 0 Å². The van der Waals surface area contributed by atoms with Crippen molar-refractivity contribution in [2.45, 2.75) is 37.4 Å². The summed E-state index contributed by atoms with van der Waals surface area (Å²) in [4.78, 5) is 10.6. The number of primary amides is 1. The summed E-state index contributed by atoms with van der Waals surface area (Å²) < 4.78 is 11.5. The number of carbonyl (C=O) groups excluding carboxylic acids is 1. The normalized spacial score (nSPS) is 28.4. The predicted octanol–water partition coefficient (Wildman–Crippen LogP) is -0.210. The minimum Gasteiger partial charge on any atom is -0.375 e. The van der Waals surface area contributed by atoms with E-state index in [-0.39, 0.29) is 17.6 Å². The molecular formula is C11H20N2O3. The van der Waals surface area contributed by atoms with Crippen LogP contribution in [-0.2, 0) is 14.3 Å². The average Bonchev–Trinajstić information content (AvgIpc) is 2.62. The summed E-state index contributed by atoms with van der Waals surface area (Å²) in [5.41, 5.74) is 5.09. The summed E-state index contributed by atoms with van der Waals surface area (Å²) in [5.74, 6) is -0.310. The van der Waals surface area contributed by atoms with Crippen LogP contribution in [0.5, 0.6) is 0 Å². The lowest BCUT2D eigenvalue weighted by Crippen LogP contribution is -2.41. The molecule has 3 N–H and O–H groups in total. The van der Waals surface area contributed by atoms with Gasteiger partial charge in [0.05, 0.1) is 24.9 Å². The van der Waals surface area contributed by atoms with Gasteiger partial charge in [-0.25, -0.2) is 0 Å². The monoisotopic (exact) mass is 228 g/mol. The van der Waals surface area contributed by atoms with E-state index in [1.807, 2.05) is 0 Å². The van der Waals surface area contributed by atoms with Crippen molar-refractivity contribution >= 4 is 5.91 Å². The van der Waals surface area contributed by atoms with Gasteiger partial charge >= 0.3 is 0 Å². The van der Waals surface area contributed by atoms with Gasteiger partial charge in [0, 0.05) is 12.8 Å². The molecule has 0 aromatic rings. The Hall–Kier alpha value is -0.650. The molecule has 2 aliphatic heterocycles. The van der Waals surface area contributed by atoms with Crippen molar-refractivity contribution in [2.24, 2.45) is 5.73 Å². The Morgan fingerprint density at radius 1 is 1.50 bits per heavy atom. The van der Waals surface area contributed by atoms with Crippen LogP contribution in [0.4, 0.5) is 0 Å². The maximum Gasteiger partial charge on any atom is 0.219 e. The molecule has 92 valence electrons. The van der Waals surface area contributed by atoms with Crippen LogP contribution >= 0.6 is 0 Å². The molecule has 1 amide bonds. The van der Waals surface area contributed by atoms with E-state index >= 15 is 0 Å². The Labute approximate surface area is 95.7 Å². The SMILES string of the molecule is NC(=O)CCOC1COC2(CCNCC2)C1. The topological polar surface area (TPSA) is 73.6 Å². The van der Waals surface area contributed by atoms with Gasteiger partial charge in [-0.2, -0.15) is 0 Å². The average molecular weight is 228 g/mol. The van der Waals surface area contributed by atoms with Crippen molar-refractivity contribution in [2.75, 3.05) is 26.3 Å². The van der Waals surface area contributed by atoms with Crippen molar-refractivity contribution in [3.8, 4) is 0 Å². The maximum absolute atomic E-state index is 10.6. The molecule has 0 radical (unpaired) electrons. The largest absolute Gasteiger partial charge is 0.375 e. The molecule has 2 rings (SSSR count). The zero-order valence-electron chi connectivity index (χ0n) is 9.54. The first-order valence-electron chi connectivity index (χ1n) is 5.95. The number of piperidine rings is 1. The van der Waals surface area contributed by atoms with Gasteiger partial charge < -0.3 is 20.5 Å². The van der Waals surface area contributed by atoms with Crippen LogP contribution in [0.3, 0.4) is 0 Å². The third-order valence-corrected chi connectivity index (χ3v) is 3.39. The first kappa shape index (κ1) is 11.8. The van der Waals surface area contributed by atoms with Crippen molar-refractivity contribution < 1.29 is 14.3 Å². The van der Waals surface area contributed by atoms with Crippen molar-refractivity contribution in [3.63, 3.8) is 0 Å². The van der Waals surface area contributed by atoms with Crippen LogP contribution in [0.1, 0.15) is 25.7 Å². The Bertz CT molecular complexity index is 252. The van der Waals surface area contributed by atoms with Gasteiger partial charge in [0.2, 0.25) is 5.91 Å². The van der Waals surface area contributed by atoms with E-state index in [0.29, 0.717) is 19.6 Å². The fourth-order valence-corrected chi connectivity index (χ4v) is 2.47. The zero-order valence-corrected chi connectivity index (χ0v) is 9.54. The summed E-state index contributed by atoms with van der Waals surface area (Å²) in [5, 5.41) is 3.33. The summed E-state index contributed by atoms with van der Waals surface area (Å²) in [7, 11) is 0. The van der Waals surface area contributed by atoms with Gasteiger partial charge in [-0.15, -0.1) is 0 Å². The number of rotatable bonds is 4. The highest BCUT2D eigenvalue weighted by Gasteiger charge is 2.41. The Morgan fingerprint density at radius 2 is 2.25 bits per heavy atom. The highest BCUT2D eigenvalue weighted by Crippen LogP contribution is 2.35. The minimum absolute atomic E-state index is 0.0304. The van der Waals surface area contributed by atoms with Crippen LogP contribution in [0.2, 0.25) is 0 Å². The number of carbonyl (C=O) groups is 1. The first-order valence-corrected chi connectivity index (χ1v) is 5.95. The molecule has 2 saturated heterocycles. The molecule has 0 saturated carbocycles. The smallest absolute Gasteiger partial charge is 0.219 e. The number of ether oxygens (including phenoxy) is 2. The molecule has 1 unspecified atom stereocenters. The lowest BCUT2D eigenvalue weighted by Gasteiger charge is -2.32. The van der Waals surface area contributed by atoms with Crippen molar-refractivity contribution in [3.05, 3.63) is 0 Å². The summed E-state index contributed by atoms with van der Waals surface area (Å²) in [6.07, 6.45) is 3.50. The van der Waals surface area contributed by atoms with E-state index in [9.17, 15) is 4.79 Å². The minimum atomic E-state index is -0.310. The van der Waals surface area contributed by atoms with Gasteiger partial charge in [0.15, 0.2) is 0 Å². The molecular weight excluding hydrogens is 208 g/mol. The number of hydrogen-bond acceptors (Lipinski definition) is 4. The van der Waals surface area contributed by atoms with Crippen molar-refractivity contribution in [1.82, 2.24) is 5.32 Å². The summed E-state index contributed by atoms with van der Waals surface area (Å²) in [6.45, 7) is 3.11. The van der Waals surface area contributed by atoms with Crippen LogP contribution in [-0.4, -0.2) is 43.9 Å². The highest BCUT2D eigenvalue weighted by atomic mass is 16.6. The molecule has 1 spiro atoms. The van der Waals surface area contributed by atoms with E-state index in [1.54, 1.807) is 0 Å². The van der Waals surface area contributed by atoms with Crippen LogP contribution in [0.25, 0.3) is 0 Å². The van der Waals surface area contributed by atoms with Crippen LogP contribution in [0.15, 0.2) is 0 Å². The predicted molar refractivity (Wildman–Crippen MR) is 59.0 cm³/mol. The van der Waals surface area contributed by atoms with Gasteiger partial charge in [-0.1, -0.05) is 0 Å². The number of amides is 1. The molecule has 2 aliphatic rings. The molecule has 0 aliphatic carbocycles. The Kier molecular flexibility index (Phi) is 3.78. The number of nitrogens with two attached hydrogens (primary N) is 1. The molecule has 5 heteroatoms. The molecule has 5 nitrogen and oxygen atoms in total. The summed E-state index contributed by atoms with van der Waals surface area (Å²) >= 11 is 0. The zero-order chi connectivity index (χ0) is 11.4. The highest BCUT2D eigenvalue weighted by molar-refractivity contribution is 5.73. The number of nitrogens with one attached hydrogen (secondary N) is 1.